The maximum Gasteiger partial charge on any atom is 0.271 e. The predicted molar refractivity (Wildman–Crippen MR) is 119 cm³/mol. The highest BCUT2D eigenvalue weighted by molar-refractivity contribution is 6.43. The van der Waals surface area contributed by atoms with Crippen molar-refractivity contribution in [3.63, 3.8) is 0 Å². The zero-order valence-corrected chi connectivity index (χ0v) is 18.0. The molecule has 2 heterocycles. The van der Waals surface area contributed by atoms with Crippen LogP contribution >= 0.6 is 0 Å². The summed E-state index contributed by atoms with van der Waals surface area (Å²) in [5, 5.41) is 14.2. The van der Waals surface area contributed by atoms with Gasteiger partial charge in [0.1, 0.15) is 17.7 Å². The smallest absolute Gasteiger partial charge is 0.271 e. The lowest BCUT2D eigenvalue weighted by molar-refractivity contribution is -0.121. The van der Waals surface area contributed by atoms with Crippen LogP contribution in [0, 0.1) is 5.41 Å². The van der Waals surface area contributed by atoms with Crippen LogP contribution in [0.2, 0.25) is 0 Å². The SMILES string of the molecule is CN/C=C(/CCC(=O)c1nc(C2CC2)ccc1Nc1cncnc1)C(=N)C(=O)N(C)C. The molecule has 0 unspecified atom stereocenters. The first-order valence-electron chi connectivity index (χ1n) is 10.1. The lowest BCUT2D eigenvalue weighted by Gasteiger charge is -2.15. The van der Waals surface area contributed by atoms with Crippen molar-refractivity contribution in [3.8, 4) is 0 Å². The fraction of sp³-hybridized carbons (Fsp3) is 0.364. The topological polar surface area (TPSA) is 124 Å². The molecule has 1 amide bonds. The normalized spacial score (nSPS) is 13.5. The maximum atomic E-state index is 13.1. The third kappa shape index (κ3) is 5.71. The van der Waals surface area contributed by atoms with Crippen molar-refractivity contribution in [2.75, 3.05) is 26.5 Å². The van der Waals surface area contributed by atoms with Gasteiger partial charge in [0, 0.05) is 45.4 Å². The number of hydrogen-bond acceptors (Lipinski definition) is 8. The summed E-state index contributed by atoms with van der Waals surface area (Å²) in [4.78, 5) is 39.3. The van der Waals surface area contributed by atoms with E-state index in [1.165, 1.54) is 11.2 Å². The Morgan fingerprint density at radius 3 is 2.52 bits per heavy atom. The molecule has 9 heteroatoms. The Hall–Kier alpha value is -3.62. The second-order valence-corrected chi connectivity index (χ2v) is 7.61. The molecule has 0 spiro atoms. The molecule has 0 radical (unpaired) electrons. The van der Waals surface area contributed by atoms with E-state index in [1.807, 2.05) is 12.1 Å². The number of anilines is 2. The molecule has 0 atom stereocenters. The minimum Gasteiger partial charge on any atom is -0.394 e. The fourth-order valence-corrected chi connectivity index (χ4v) is 3.08. The molecule has 1 fully saturated rings. The van der Waals surface area contributed by atoms with E-state index >= 15 is 0 Å². The Morgan fingerprint density at radius 2 is 1.90 bits per heavy atom. The van der Waals surface area contributed by atoms with Gasteiger partial charge in [-0.1, -0.05) is 0 Å². The zero-order chi connectivity index (χ0) is 22.4. The van der Waals surface area contributed by atoms with Gasteiger partial charge in [0.25, 0.3) is 5.91 Å². The molecule has 2 aromatic heterocycles. The van der Waals surface area contributed by atoms with E-state index in [1.54, 1.807) is 39.7 Å². The number of nitrogens with zero attached hydrogens (tertiary/aromatic N) is 4. The van der Waals surface area contributed by atoms with Gasteiger partial charge < -0.3 is 15.5 Å². The zero-order valence-electron chi connectivity index (χ0n) is 18.0. The van der Waals surface area contributed by atoms with Crippen LogP contribution in [0.15, 0.2) is 42.6 Å². The van der Waals surface area contributed by atoms with Gasteiger partial charge >= 0.3 is 0 Å². The molecule has 1 aliphatic rings. The van der Waals surface area contributed by atoms with Gasteiger partial charge in [-0.15, -0.1) is 0 Å². The third-order valence-electron chi connectivity index (χ3n) is 4.90. The number of nitrogens with one attached hydrogen (secondary N) is 3. The molecule has 0 bridgehead atoms. The highest BCUT2D eigenvalue weighted by Crippen LogP contribution is 2.39. The molecular weight excluding hydrogens is 394 g/mol. The Bertz CT molecular complexity index is 998. The van der Waals surface area contributed by atoms with Crippen molar-refractivity contribution in [2.24, 2.45) is 0 Å². The van der Waals surface area contributed by atoms with Crippen molar-refractivity contribution in [2.45, 2.75) is 31.6 Å². The highest BCUT2D eigenvalue weighted by atomic mass is 16.2. The second kappa shape index (κ2) is 9.92. The number of carbonyl (C=O) groups excluding carboxylic acids is 2. The van der Waals surface area contributed by atoms with Crippen molar-refractivity contribution in [1.29, 1.82) is 5.41 Å². The molecular formula is C22H27N7O2. The van der Waals surface area contributed by atoms with Gasteiger partial charge in [-0.25, -0.2) is 15.0 Å². The molecule has 1 saturated carbocycles. The van der Waals surface area contributed by atoms with Crippen LogP contribution in [0.25, 0.3) is 0 Å². The molecule has 0 aromatic carbocycles. The highest BCUT2D eigenvalue weighted by Gasteiger charge is 2.27. The van der Waals surface area contributed by atoms with Gasteiger partial charge in [0.05, 0.1) is 23.8 Å². The van der Waals surface area contributed by atoms with E-state index in [2.05, 4.69) is 25.6 Å². The minimum absolute atomic E-state index is 0.123. The summed E-state index contributed by atoms with van der Waals surface area (Å²) >= 11 is 0. The van der Waals surface area contributed by atoms with Crippen LogP contribution in [0.1, 0.15) is 47.8 Å². The lowest BCUT2D eigenvalue weighted by atomic mass is 10.0. The number of rotatable bonds is 10. The van der Waals surface area contributed by atoms with Gasteiger partial charge in [-0.3, -0.25) is 15.0 Å². The molecule has 0 aliphatic heterocycles. The molecule has 0 saturated heterocycles. The fourth-order valence-electron chi connectivity index (χ4n) is 3.08. The first-order chi connectivity index (χ1) is 14.9. The number of amides is 1. The van der Waals surface area contributed by atoms with E-state index in [9.17, 15) is 9.59 Å². The van der Waals surface area contributed by atoms with Gasteiger partial charge in [-0.05, 0) is 37.0 Å². The molecule has 1 aliphatic carbocycles. The van der Waals surface area contributed by atoms with Gasteiger partial charge in [0.15, 0.2) is 5.78 Å². The van der Waals surface area contributed by atoms with Crippen LogP contribution in [0.4, 0.5) is 11.4 Å². The average molecular weight is 422 g/mol. The molecule has 31 heavy (non-hydrogen) atoms. The summed E-state index contributed by atoms with van der Waals surface area (Å²) < 4.78 is 0. The number of Topliss-reactive ketones (excluding diaryl/α,β-unsaturated/α-hetero) is 1. The lowest BCUT2D eigenvalue weighted by Crippen LogP contribution is -2.31. The van der Waals surface area contributed by atoms with Crippen molar-refractivity contribution in [3.05, 3.63) is 54.0 Å². The Kier molecular flexibility index (Phi) is 7.07. The maximum absolute atomic E-state index is 13.1. The van der Waals surface area contributed by atoms with Crippen LogP contribution in [-0.2, 0) is 4.79 Å². The average Bonchev–Trinajstić information content (AvgIpc) is 3.61. The van der Waals surface area contributed by atoms with Crippen LogP contribution in [0.3, 0.4) is 0 Å². The number of aromatic nitrogens is 3. The molecule has 3 rings (SSSR count). The largest absolute Gasteiger partial charge is 0.394 e. The van der Waals surface area contributed by atoms with Crippen LogP contribution in [-0.4, -0.2) is 58.4 Å². The molecule has 3 N–H and O–H groups in total. The molecule has 2 aromatic rings. The van der Waals surface area contributed by atoms with Gasteiger partial charge in [-0.2, -0.15) is 0 Å². The van der Waals surface area contributed by atoms with E-state index in [0.717, 1.165) is 18.5 Å². The number of ketones is 1. The van der Waals surface area contributed by atoms with Crippen LogP contribution in [0.5, 0.6) is 0 Å². The summed E-state index contributed by atoms with van der Waals surface area (Å²) in [6.45, 7) is 0. The second-order valence-electron chi connectivity index (χ2n) is 7.61. The number of hydrogen-bond donors (Lipinski definition) is 3. The summed E-state index contributed by atoms with van der Waals surface area (Å²) in [6.07, 6.45) is 8.81. The first-order valence-corrected chi connectivity index (χ1v) is 10.1. The third-order valence-corrected chi connectivity index (χ3v) is 4.90. The first kappa shape index (κ1) is 22.1. The standard InChI is InChI=1S/C22H27N7O2/c1-24-10-15(20(23)22(31)29(2)3)6-9-19(30)21-18(27-16-11-25-13-26-12-16)8-7-17(28-21)14-4-5-14/h7-8,10-14,23-24,27H,4-6,9H2,1-3H3/b15-10-,23-20?. The van der Waals surface area contributed by atoms with Crippen molar-refractivity contribution in [1.82, 2.24) is 25.2 Å². The Labute approximate surface area is 181 Å². The summed E-state index contributed by atoms with van der Waals surface area (Å²) in [7, 11) is 4.88. The Balaban J connectivity index is 1.80. The van der Waals surface area contributed by atoms with Crippen molar-refractivity contribution < 1.29 is 9.59 Å². The summed E-state index contributed by atoms with van der Waals surface area (Å²) in [5.41, 5.74) is 2.85. The Morgan fingerprint density at radius 1 is 1.19 bits per heavy atom. The molecule has 162 valence electrons. The molecule has 9 nitrogen and oxygen atoms in total. The van der Waals surface area contributed by atoms with E-state index < -0.39 is 5.91 Å². The van der Waals surface area contributed by atoms with Crippen molar-refractivity contribution >= 4 is 28.8 Å². The summed E-state index contributed by atoms with van der Waals surface area (Å²) in [6, 6.07) is 3.81. The monoisotopic (exact) mass is 421 g/mol. The van der Waals surface area contributed by atoms with E-state index in [4.69, 9.17) is 5.41 Å². The number of pyridine rings is 1. The van der Waals surface area contributed by atoms with E-state index in [-0.39, 0.29) is 24.3 Å². The van der Waals surface area contributed by atoms with Gasteiger partial charge in [0.2, 0.25) is 0 Å². The van der Waals surface area contributed by atoms with Crippen LogP contribution < -0.4 is 10.6 Å². The number of carbonyl (C=O) groups is 2. The predicted octanol–water partition coefficient (Wildman–Crippen LogP) is 2.67. The summed E-state index contributed by atoms with van der Waals surface area (Å²) in [5.74, 6) is -0.158. The minimum atomic E-state index is -0.408. The van der Waals surface area contributed by atoms with E-state index in [0.29, 0.717) is 28.6 Å². The quantitative estimate of drug-likeness (QED) is 0.398.